The van der Waals surface area contributed by atoms with Crippen molar-refractivity contribution >= 4 is 10.8 Å². The van der Waals surface area contributed by atoms with Crippen LogP contribution in [0.2, 0.25) is 0 Å². The summed E-state index contributed by atoms with van der Waals surface area (Å²) < 4.78 is 1.99. The van der Waals surface area contributed by atoms with Gasteiger partial charge in [-0.25, -0.2) is 0 Å². The molecule has 2 heterocycles. The van der Waals surface area contributed by atoms with E-state index in [0.717, 1.165) is 36.6 Å². The highest BCUT2D eigenvalue weighted by atomic mass is 16.1. The molecule has 0 N–H and O–H groups in total. The van der Waals surface area contributed by atoms with Crippen molar-refractivity contribution in [3.8, 4) is 11.1 Å². The first-order valence-electron chi connectivity index (χ1n) is 7.56. The predicted octanol–water partition coefficient (Wildman–Crippen LogP) is 4.00. The minimum Gasteiger partial charge on any atom is -0.311 e. The molecule has 3 aromatic rings. The summed E-state index contributed by atoms with van der Waals surface area (Å²) in [7, 11) is 0. The van der Waals surface area contributed by atoms with Crippen LogP contribution < -0.4 is 5.56 Å². The number of nitrogens with zero attached hydrogens (tertiary/aromatic N) is 1. The number of benzene rings is 2. The quantitative estimate of drug-likeness (QED) is 0.658. The van der Waals surface area contributed by atoms with Crippen LogP contribution in [0.25, 0.3) is 21.9 Å². The lowest BCUT2D eigenvalue weighted by atomic mass is 9.93. The second-order valence-electron chi connectivity index (χ2n) is 5.65. The minimum atomic E-state index is 0.167. The Hall–Kier alpha value is -2.35. The molecule has 0 unspecified atom stereocenters. The van der Waals surface area contributed by atoms with E-state index in [9.17, 15) is 4.79 Å². The zero-order valence-corrected chi connectivity index (χ0v) is 11.9. The molecule has 21 heavy (non-hydrogen) atoms. The van der Waals surface area contributed by atoms with Gasteiger partial charge in [0, 0.05) is 23.2 Å². The van der Waals surface area contributed by atoms with E-state index in [4.69, 9.17) is 0 Å². The number of hydrogen-bond acceptors (Lipinski definition) is 1. The number of aromatic nitrogens is 1. The molecule has 0 saturated carbocycles. The van der Waals surface area contributed by atoms with E-state index in [-0.39, 0.29) is 5.56 Å². The van der Waals surface area contributed by atoms with E-state index in [2.05, 4.69) is 30.3 Å². The number of hydrogen-bond donors (Lipinski definition) is 0. The third-order valence-corrected chi connectivity index (χ3v) is 4.39. The molecule has 0 atom stereocenters. The van der Waals surface area contributed by atoms with Gasteiger partial charge in [-0.3, -0.25) is 4.79 Å². The van der Waals surface area contributed by atoms with E-state index >= 15 is 0 Å². The maximum Gasteiger partial charge on any atom is 0.258 e. The van der Waals surface area contributed by atoms with Gasteiger partial charge >= 0.3 is 0 Å². The summed E-state index contributed by atoms with van der Waals surface area (Å²) in [4.78, 5) is 12.7. The van der Waals surface area contributed by atoms with Gasteiger partial charge in [-0.2, -0.15) is 0 Å². The van der Waals surface area contributed by atoms with E-state index < -0.39 is 0 Å². The molecule has 2 nitrogen and oxygen atoms in total. The Morgan fingerprint density at radius 2 is 1.52 bits per heavy atom. The van der Waals surface area contributed by atoms with Crippen molar-refractivity contribution in [2.24, 2.45) is 0 Å². The second-order valence-corrected chi connectivity index (χ2v) is 5.65. The molecular weight excluding hydrogens is 258 g/mol. The first-order chi connectivity index (χ1) is 10.4. The molecule has 0 radical (unpaired) electrons. The van der Waals surface area contributed by atoms with Gasteiger partial charge < -0.3 is 4.57 Å². The molecular formula is C19H17NO. The van der Waals surface area contributed by atoms with E-state index in [1.807, 2.05) is 28.8 Å². The topological polar surface area (TPSA) is 22.0 Å². The number of rotatable bonds is 1. The van der Waals surface area contributed by atoms with Gasteiger partial charge in [0.15, 0.2) is 0 Å². The van der Waals surface area contributed by atoms with Crippen LogP contribution in [0, 0.1) is 0 Å². The van der Waals surface area contributed by atoms with Gasteiger partial charge in [0.05, 0.1) is 0 Å². The molecule has 4 rings (SSSR count). The Morgan fingerprint density at radius 3 is 2.33 bits per heavy atom. The highest BCUT2D eigenvalue weighted by molar-refractivity contribution is 5.97. The Morgan fingerprint density at radius 1 is 0.810 bits per heavy atom. The molecule has 1 aliphatic rings. The Labute approximate surface area is 123 Å². The van der Waals surface area contributed by atoms with Gasteiger partial charge in [0.25, 0.3) is 5.56 Å². The SMILES string of the molecule is O=c1c2ccccc2c(-c2ccccc2)c2n1CCCC2. The van der Waals surface area contributed by atoms with Crippen LogP contribution in [0.3, 0.4) is 0 Å². The van der Waals surface area contributed by atoms with Crippen molar-refractivity contribution in [2.75, 3.05) is 0 Å². The minimum absolute atomic E-state index is 0.167. The zero-order chi connectivity index (χ0) is 14.2. The van der Waals surface area contributed by atoms with Crippen LogP contribution in [0.5, 0.6) is 0 Å². The number of pyridine rings is 1. The zero-order valence-electron chi connectivity index (χ0n) is 11.9. The highest BCUT2D eigenvalue weighted by Gasteiger charge is 2.19. The molecule has 2 heteroatoms. The average molecular weight is 275 g/mol. The lowest BCUT2D eigenvalue weighted by Gasteiger charge is -2.23. The van der Waals surface area contributed by atoms with Crippen LogP contribution >= 0.6 is 0 Å². The summed E-state index contributed by atoms with van der Waals surface area (Å²) in [6.45, 7) is 0.846. The fourth-order valence-corrected chi connectivity index (χ4v) is 3.43. The molecule has 0 fully saturated rings. The standard InChI is InChI=1S/C19H17NO/c21-19-16-11-5-4-10-15(16)18(14-8-2-1-3-9-14)17-12-6-7-13-20(17)19/h1-5,8-11H,6-7,12-13H2. The molecule has 0 amide bonds. The van der Waals surface area contributed by atoms with E-state index in [1.165, 1.54) is 16.8 Å². The van der Waals surface area contributed by atoms with Crippen molar-refractivity contribution < 1.29 is 0 Å². The molecule has 0 spiro atoms. The number of fused-ring (bicyclic) bond motifs is 2. The van der Waals surface area contributed by atoms with Crippen LogP contribution in [0.1, 0.15) is 18.5 Å². The summed E-state index contributed by atoms with van der Waals surface area (Å²) in [5.74, 6) is 0. The fraction of sp³-hybridized carbons (Fsp3) is 0.211. The lowest BCUT2D eigenvalue weighted by Crippen LogP contribution is -2.27. The van der Waals surface area contributed by atoms with Gasteiger partial charge in [0.2, 0.25) is 0 Å². The summed E-state index contributed by atoms with van der Waals surface area (Å²) >= 11 is 0. The van der Waals surface area contributed by atoms with Crippen molar-refractivity contribution in [3.05, 3.63) is 70.6 Å². The van der Waals surface area contributed by atoms with Gasteiger partial charge in [-0.1, -0.05) is 48.5 Å². The normalized spacial score (nSPS) is 14.1. The van der Waals surface area contributed by atoms with Gasteiger partial charge in [0.1, 0.15) is 0 Å². The first kappa shape index (κ1) is 12.4. The van der Waals surface area contributed by atoms with Gasteiger partial charge in [-0.05, 0) is 36.3 Å². The maximum absolute atomic E-state index is 12.7. The highest BCUT2D eigenvalue weighted by Crippen LogP contribution is 2.32. The third kappa shape index (κ3) is 1.90. The molecule has 0 saturated heterocycles. The van der Waals surface area contributed by atoms with E-state index in [0.29, 0.717) is 0 Å². The summed E-state index contributed by atoms with van der Waals surface area (Å²) in [6, 6.07) is 18.4. The third-order valence-electron chi connectivity index (χ3n) is 4.39. The summed E-state index contributed by atoms with van der Waals surface area (Å²) in [6.07, 6.45) is 3.25. The average Bonchev–Trinajstić information content (AvgIpc) is 2.56. The first-order valence-corrected chi connectivity index (χ1v) is 7.56. The smallest absolute Gasteiger partial charge is 0.258 e. The molecule has 1 aliphatic heterocycles. The van der Waals surface area contributed by atoms with Crippen molar-refractivity contribution in [3.63, 3.8) is 0 Å². The summed E-state index contributed by atoms with van der Waals surface area (Å²) in [5.41, 5.74) is 3.82. The molecule has 2 aromatic carbocycles. The van der Waals surface area contributed by atoms with Crippen LogP contribution in [-0.4, -0.2) is 4.57 Å². The fourth-order valence-electron chi connectivity index (χ4n) is 3.43. The molecule has 0 aliphatic carbocycles. The molecule has 104 valence electrons. The molecule has 0 bridgehead atoms. The van der Waals surface area contributed by atoms with Crippen LogP contribution in [-0.2, 0) is 13.0 Å². The Balaban J connectivity index is 2.18. The Bertz CT molecular complexity index is 862. The van der Waals surface area contributed by atoms with Crippen molar-refractivity contribution in [1.82, 2.24) is 4.57 Å². The van der Waals surface area contributed by atoms with E-state index in [1.54, 1.807) is 0 Å². The maximum atomic E-state index is 12.7. The van der Waals surface area contributed by atoms with Crippen molar-refractivity contribution in [1.29, 1.82) is 0 Å². The van der Waals surface area contributed by atoms with Crippen molar-refractivity contribution in [2.45, 2.75) is 25.8 Å². The summed E-state index contributed by atoms with van der Waals surface area (Å²) in [5, 5.41) is 1.92. The van der Waals surface area contributed by atoms with Gasteiger partial charge in [-0.15, -0.1) is 0 Å². The van der Waals surface area contributed by atoms with Crippen LogP contribution in [0.4, 0.5) is 0 Å². The lowest BCUT2D eigenvalue weighted by molar-refractivity contribution is 0.518. The predicted molar refractivity (Wildman–Crippen MR) is 86.6 cm³/mol. The van der Waals surface area contributed by atoms with Crippen LogP contribution in [0.15, 0.2) is 59.4 Å². The molecule has 1 aromatic heterocycles. The monoisotopic (exact) mass is 275 g/mol. The Kier molecular flexibility index (Phi) is 2.88. The second kappa shape index (κ2) is 4.88. The largest absolute Gasteiger partial charge is 0.311 e.